The molecule has 2 saturated carbocycles. The molecule has 0 radical (unpaired) electrons. The Balaban J connectivity index is 1.38. The Bertz CT molecular complexity index is 633. The molecular weight excluding hydrogens is 304 g/mol. The lowest BCUT2D eigenvalue weighted by molar-refractivity contribution is -0.171. The van der Waals surface area contributed by atoms with Gasteiger partial charge in [0.2, 0.25) is 0 Å². The third-order valence-electron chi connectivity index (χ3n) is 6.00. The van der Waals surface area contributed by atoms with Crippen LogP contribution in [0.15, 0.2) is 12.1 Å². The number of rotatable bonds is 2. The molecule has 2 aliphatic carbocycles. The van der Waals surface area contributed by atoms with Gasteiger partial charge in [-0.1, -0.05) is 27.2 Å². The normalized spacial score (nSPS) is 30.2. The molecule has 2 heterocycles. The van der Waals surface area contributed by atoms with Gasteiger partial charge < -0.3 is 10.1 Å². The smallest absolute Gasteiger partial charge is 0.320 e. The lowest BCUT2D eigenvalue weighted by Gasteiger charge is -2.63. The highest BCUT2D eigenvalue weighted by Crippen LogP contribution is 2.62. The van der Waals surface area contributed by atoms with Crippen LogP contribution in [-0.4, -0.2) is 35.0 Å². The number of nitrogens with zero attached hydrogens (tertiary/aromatic N) is 2. The molecule has 1 saturated heterocycles. The average molecular weight is 330 g/mol. The molecular formula is C18H26N4O2. The summed E-state index contributed by atoms with van der Waals surface area (Å²) >= 11 is 0. The quantitative estimate of drug-likeness (QED) is 0.874. The lowest BCUT2D eigenvalue weighted by Crippen LogP contribution is -2.72. The summed E-state index contributed by atoms with van der Waals surface area (Å²) in [6.07, 6.45) is 4.99. The predicted molar refractivity (Wildman–Crippen MR) is 90.8 cm³/mol. The SMILES string of the molecule is CC(C)(C)c1ccc(NC(=O)NC2C3CCOC3C23CCC3)nn1. The Morgan fingerprint density at radius 3 is 2.67 bits per heavy atom. The van der Waals surface area contributed by atoms with Crippen LogP contribution >= 0.6 is 0 Å². The Morgan fingerprint density at radius 2 is 2.08 bits per heavy atom. The van der Waals surface area contributed by atoms with Gasteiger partial charge in [-0.3, -0.25) is 5.32 Å². The summed E-state index contributed by atoms with van der Waals surface area (Å²) in [7, 11) is 0. The first kappa shape index (κ1) is 15.8. The van der Waals surface area contributed by atoms with E-state index in [-0.39, 0.29) is 22.9 Å². The zero-order valence-corrected chi connectivity index (χ0v) is 14.6. The first-order valence-electron chi connectivity index (χ1n) is 8.93. The molecule has 3 atom stereocenters. The van der Waals surface area contributed by atoms with Crippen molar-refractivity contribution in [1.29, 1.82) is 0 Å². The van der Waals surface area contributed by atoms with E-state index in [1.165, 1.54) is 19.3 Å². The van der Waals surface area contributed by atoms with Gasteiger partial charge >= 0.3 is 6.03 Å². The molecule has 0 aromatic carbocycles. The fourth-order valence-electron chi connectivity index (χ4n) is 4.55. The minimum absolute atomic E-state index is 0.0478. The second-order valence-electron chi connectivity index (χ2n) is 8.46. The summed E-state index contributed by atoms with van der Waals surface area (Å²) in [6.45, 7) is 7.10. The van der Waals surface area contributed by atoms with Gasteiger partial charge in [-0.25, -0.2) is 4.79 Å². The maximum absolute atomic E-state index is 12.4. The summed E-state index contributed by atoms with van der Waals surface area (Å²) in [6, 6.07) is 3.78. The summed E-state index contributed by atoms with van der Waals surface area (Å²) < 4.78 is 5.89. The lowest BCUT2D eigenvalue weighted by atomic mass is 9.46. The molecule has 1 aromatic rings. The van der Waals surface area contributed by atoms with E-state index in [1.54, 1.807) is 0 Å². The molecule has 24 heavy (non-hydrogen) atoms. The number of carbonyl (C=O) groups is 1. The van der Waals surface area contributed by atoms with Crippen LogP contribution in [0.2, 0.25) is 0 Å². The second kappa shape index (κ2) is 5.41. The fraction of sp³-hybridized carbons (Fsp3) is 0.722. The van der Waals surface area contributed by atoms with Gasteiger partial charge in [-0.15, -0.1) is 5.10 Å². The molecule has 3 unspecified atom stereocenters. The Labute approximate surface area is 142 Å². The predicted octanol–water partition coefficient (Wildman–Crippen LogP) is 2.85. The minimum Gasteiger partial charge on any atom is -0.377 e. The van der Waals surface area contributed by atoms with Crippen LogP contribution in [0.3, 0.4) is 0 Å². The molecule has 1 aliphatic heterocycles. The number of anilines is 1. The van der Waals surface area contributed by atoms with E-state index in [0.29, 0.717) is 17.8 Å². The Hall–Kier alpha value is -1.69. The van der Waals surface area contributed by atoms with E-state index >= 15 is 0 Å². The van der Waals surface area contributed by atoms with E-state index in [4.69, 9.17) is 4.74 Å². The molecule has 2 N–H and O–H groups in total. The van der Waals surface area contributed by atoms with Crippen molar-refractivity contribution in [2.45, 2.75) is 64.0 Å². The number of ether oxygens (including phenoxy) is 1. The number of hydrogen-bond donors (Lipinski definition) is 2. The molecule has 1 spiro atoms. The molecule has 2 amide bonds. The number of hydrogen-bond acceptors (Lipinski definition) is 4. The van der Waals surface area contributed by atoms with Gasteiger partial charge in [0, 0.05) is 29.4 Å². The van der Waals surface area contributed by atoms with E-state index in [9.17, 15) is 4.79 Å². The molecule has 3 fully saturated rings. The van der Waals surface area contributed by atoms with Crippen LogP contribution in [0.5, 0.6) is 0 Å². The van der Waals surface area contributed by atoms with E-state index in [1.807, 2.05) is 12.1 Å². The average Bonchev–Trinajstić information content (AvgIpc) is 2.88. The number of carbonyl (C=O) groups excluding carboxylic acids is 1. The van der Waals surface area contributed by atoms with Crippen molar-refractivity contribution in [2.24, 2.45) is 11.3 Å². The van der Waals surface area contributed by atoms with Crippen LogP contribution in [0, 0.1) is 11.3 Å². The number of aromatic nitrogens is 2. The monoisotopic (exact) mass is 330 g/mol. The minimum atomic E-state index is -0.186. The van der Waals surface area contributed by atoms with E-state index in [2.05, 4.69) is 41.6 Å². The maximum atomic E-state index is 12.4. The molecule has 3 aliphatic rings. The van der Waals surface area contributed by atoms with Crippen LogP contribution in [0.1, 0.15) is 52.1 Å². The van der Waals surface area contributed by atoms with Crippen molar-refractivity contribution in [1.82, 2.24) is 15.5 Å². The van der Waals surface area contributed by atoms with E-state index in [0.717, 1.165) is 18.7 Å². The van der Waals surface area contributed by atoms with Gasteiger partial charge in [0.05, 0.1) is 11.8 Å². The van der Waals surface area contributed by atoms with Gasteiger partial charge in [0.25, 0.3) is 0 Å². The summed E-state index contributed by atoms with van der Waals surface area (Å²) in [5.74, 6) is 0.965. The van der Waals surface area contributed by atoms with Crippen molar-refractivity contribution >= 4 is 11.8 Å². The van der Waals surface area contributed by atoms with Crippen molar-refractivity contribution in [3.8, 4) is 0 Å². The topological polar surface area (TPSA) is 76.1 Å². The Morgan fingerprint density at radius 1 is 1.29 bits per heavy atom. The summed E-state index contributed by atoms with van der Waals surface area (Å²) in [5, 5.41) is 14.3. The van der Waals surface area contributed by atoms with Crippen LogP contribution in [-0.2, 0) is 10.2 Å². The molecule has 6 heteroatoms. The number of urea groups is 1. The molecule has 6 nitrogen and oxygen atoms in total. The first-order chi connectivity index (χ1) is 11.4. The second-order valence-corrected chi connectivity index (χ2v) is 8.46. The summed E-state index contributed by atoms with van der Waals surface area (Å²) in [5.41, 5.74) is 1.06. The van der Waals surface area contributed by atoms with Crippen molar-refractivity contribution in [3.05, 3.63) is 17.8 Å². The molecule has 130 valence electrons. The van der Waals surface area contributed by atoms with Gasteiger partial charge in [-0.2, -0.15) is 5.10 Å². The highest BCUT2D eigenvalue weighted by molar-refractivity contribution is 5.88. The van der Waals surface area contributed by atoms with Crippen molar-refractivity contribution < 1.29 is 9.53 Å². The first-order valence-corrected chi connectivity index (χ1v) is 8.93. The van der Waals surface area contributed by atoms with E-state index < -0.39 is 0 Å². The Kier molecular flexibility index (Phi) is 3.56. The zero-order chi connectivity index (χ0) is 16.9. The summed E-state index contributed by atoms with van der Waals surface area (Å²) in [4.78, 5) is 12.4. The fourth-order valence-corrected chi connectivity index (χ4v) is 4.55. The number of nitrogens with one attached hydrogen (secondary N) is 2. The highest BCUT2D eigenvalue weighted by atomic mass is 16.5. The van der Waals surface area contributed by atoms with Crippen LogP contribution in [0.4, 0.5) is 10.6 Å². The third kappa shape index (κ3) is 2.39. The third-order valence-corrected chi connectivity index (χ3v) is 6.00. The largest absolute Gasteiger partial charge is 0.377 e. The zero-order valence-electron chi connectivity index (χ0n) is 14.6. The number of amides is 2. The van der Waals surface area contributed by atoms with Gasteiger partial charge in [-0.05, 0) is 31.4 Å². The molecule has 4 rings (SSSR count). The van der Waals surface area contributed by atoms with Crippen LogP contribution in [0.25, 0.3) is 0 Å². The van der Waals surface area contributed by atoms with Gasteiger partial charge in [0.15, 0.2) is 5.82 Å². The molecule has 0 bridgehead atoms. The molecule has 1 aromatic heterocycles. The van der Waals surface area contributed by atoms with Crippen molar-refractivity contribution in [2.75, 3.05) is 11.9 Å². The maximum Gasteiger partial charge on any atom is 0.320 e. The van der Waals surface area contributed by atoms with Gasteiger partial charge in [0.1, 0.15) is 0 Å². The van der Waals surface area contributed by atoms with Crippen molar-refractivity contribution in [3.63, 3.8) is 0 Å². The standard InChI is InChI=1S/C18H26N4O2/c1-17(2,3)12-5-6-13(22-21-12)19-16(23)20-14-11-7-10-24-15(11)18(14)8-4-9-18/h5-6,11,14-15H,4,7-10H2,1-3H3,(H2,19,20,22,23). The highest BCUT2D eigenvalue weighted by Gasteiger charge is 2.66. The number of fused-ring (bicyclic) bond motifs is 2. The van der Waals surface area contributed by atoms with Crippen LogP contribution < -0.4 is 10.6 Å².